The van der Waals surface area contributed by atoms with E-state index in [1.165, 1.54) is 12.8 Å². The van der Waals surface area contributed by atoms with E-state index in [1.807, 2.05) is 0 Å². The lowest BCUT2D eigenvalue weighted by Gasteiger charge is -2.27. The van der Waals surface area contributed by atoms with Crippen LogP contribution >= 0.6 is 0 Å². The summed E-state index contributed by atoms with van der Waals surface area (Å²) in [5, 5.41) is 0. The highest BCUT2D eigenvalue weighted by molar-refractivity contribution is 4.71. The highest BCUT2D eigenvalue weighted by Crippen LogP contribution is 2.29. The monoisotopic (exact) mass is 172 g/mol. The van der Waals surface area contributed by atoms with E-state index >= 15 is 0 Å². The van der Waals surface area contributed by atoms with Crippen molar-refractivity contribution in [1.82, 2.24) is 0 Å². The lowest BCUT2D eigenvalue weighted by molar-refractivity contribution is 0.252. The summed E-state index contributed by atoms with van der Waals surface area (Å²) in [7, 11) is 0. The summed E-state index contributed by atoms with van der Waals surface area (Å²) in [6.07, 6.45) is 3.22. The molecule has 0 aliphatic carbocycles. The molecule has 0 rings (SSSR count). The van der Waals surface area contributed by atoms with Gasteiger partial charge in [0, 0.05) is 0 Å². The lowest BCUT2D eigenvalue weighted by Crippen LogP contribution is -2.33. The zero-order chi connectivity index (χ0) is 9.78. The second kappa shape index (κ2) is 4.83. The molecule has 74 valence electrons. The van der Waals surface area contributed by atoms with Crippen LogP contribution in [0.4, 0.5) is 0 Å². The van der Waals surface area contributed by atoms with Gasteiger partial charge in [-0.3, -0.25) is 0 Å². The first kappa shape index (κ1) is 11.9. The van der Waals surface area contributed by atoms with Crippen LogP contribution in [0.5, 0.6) is 0 Å². The van der Waals surface area contributed by atoms with E-state index in [1.54, 1.807) is 0 Å². The number of rotatable bonds is 5. The fourth-order valence-corrected chi connectivity index (χ4v) is 1.64. The van der Waals surface area contributed by atoms with Crippen LogP contribution in [-0.2, 0) is 0 Å². The predicted molar refractivity (Wildman–Crippen MR) is 54.6 cm³/mol. The Morgan fingerprint density at radius 1 is 1.25 bits per heavy atom. The van der Waals surface area contributed by atoms with Crippen molar-refractivity contribution in [2.24, 2.45) is 22.8 Å². The topological polar surface area (TPSA) is 52.0 Å². The molecular formula is C10H24N2. The number of nitrogens with two attached hydrogens (primary N) is 2. The Balaban J connectivity index is 3.75. The van der Waals surface area contributed by atoms with E-state index in [2.05, 4.69) is 27.7 Å². The largest absolute Gasteiger partial charge is 0.316 e. The predicted octanol–water partition coefficient (Wildman–Crippen LogP) is 2.08. The molecule has 0 amide bonds. The Hall–Kier alpha value is -0.0800. The molecule has 0 bridgehead atoms. The molecule has 0 fully saturated rings. The molecule has 0 aromatic heterocycles. The van der Waals surface area contributed by atoms with E-state index in [9.17, 15) is 0 Å². The number of hydrogen-bond acceptors (Lipinski definition) is 2. The second-order valence-corrected chi connectivity index (χ2v) is 4.73. The van der Waals surface area contributed by atoms with Gasteiger partial charge in [-0.2, -0.15) is 0 Å². The molecule has 0 saturated heterocycles. The highest BCUT2D eigenvalue weighted by atomic mass is 14.8. The second-order valence-electron chi connectivity index (χ2n) is 4.73. The maximum atomic E-state index is 5.53. The van der Waals surface area contributed by atoms with Gasteiger partial charge in [0.25, 0.3) is 0 Å². The van der Waals surface area contributed by atoms with Crippen LogP contribution in [0.2, 0.25) is 0 Å². The number of hydrogen-bond donors (Lipinski definition) is 2. The summed E-state index contributed by atoms with van der Waals surface area (Å²) in [5.74, 6) is 0.639. The first-order chi connectivity index (χ1) is 5.37. The molecule has 0 aliphatic rings. The molecule has 0 spiro atoms. The van der Waals surface area contributed by atoms with Gasteiger partial charge in [0.15, 0.2) is 0 Å². The average Bonchev–Trinajstić information content (AvgIpc) is 1.84. The van der Waals surface area contributed by atoms with Gasteiger partial charge in [-0.05, 0) is 24.2 Å². The standard InChI is InChI=1S/C10H24N2/c1-5-10(3,4)7-8(2)6-9(11)12/h8-9H,5-7,11-12H2,1-4H3. The van der Waals surface area contributed by atoms with Crippen molar-refractivity contribution in [2.75, 3.05) is 0 Å². The Morgan fingerprint density at radius 3 is 2.08 bits per heavy atom. The van der Waals surface area contributed by atoms with Gasteiger partial charge in [-0.15, -0.1) is 0 Å². The van der Waals surface area contributed by atoms with Gasteiger partial charge in [-0.25, -0.2) is 0 Å². The van der Waals surface area contributed by atoms with Crippen molar-refractivity contribution in [3.8, 4) is 0 Å². The third-order valence-electron chi connectivity index (χ3n) is 2.53. The van der Waals surface area contributed by atoms with E-state index in [0.717, 1.165) is 6.42 Å². The van der Waals surface area contributed by atoms with Crippen molar-refractivity contribution < 1.29 is 0 Å². The van der Waals surface area contributed by atoms with Gasteiger partial charge in [-0.1, -0.05) is 34.1 Å². The van der Waals surface area contributed by atoms with Crippen LogP contribution in [0.1, 0.15) is 47.0 Å². The molecule has 0 aromatic carbocycles. The Kier molecular flexibility index (Phi) is 4.80. The maximum Gasteiger partial charge on any atom is 0.0523 e. The Labute approximate surface area is 76.7 Å². The molecular weight excluding hydrogens is 148 g/mol. The summed E-state index contributed by atoms with van der Waals surface area (Å²) in [4.78, 5) is 0. The fraction of sp³-hybridized carbons (Fsp3) is 1.00. The molecule has 2 nitrogen and oxygen atoms in total. The SMILES string of the molecule is CCC(C)(C)CC(C)CC(N)N. The van der Waals surface area contributed by atoms with E-state index in [0.29, 0.717) is 11.3 Å². The smallest absolute Gasteiger partial charge is 0.0523 e. The molecule has 12 heavy (non-hydrogen) atoms. The third-order valence-corrected chi connectivity index (χ3v) is 2.53. The van der Waals surface area contributed by atoms with Gasteiger partial charge in [0.05, 0.1) is 6.17 Å². The summed E-state index contributed by atoms with van der Waals surface area (Å²) in [6.45, 7) is 9.05. The van der Waals surface area contributed by atoms with Crippen molar-refractivity contribution >= 4 is 0 Å². The molecule has 0 aromatic rings. The van der Waals surface area contributed by atoms with Crippen LogP contribution in [0, 0.1) is 11.3 Å². The average molecular weight is 172 g/mol. The Bertz CT molecular complexity index is 119. The third kappa shape index (κ3) is 5.56. The van der Waals surface area contributed by atoms with E-state index in [-0.39, 0.29) is 6.17 Å². The molecule has 0 heterocycles. The first-order valence-corrected chi connectivity index (χ1v) is 4.88. The zero-order valence-electron chi connectivity index (χ0n) is 8.93. The summed E-state index contributed by atoms with van der Waals surface area (Å²) in [5.41, 5.74) is 11.5. The molecule has 4 N–H and O–H groups in total. The highest BCUT2D eigenvalue weighted by Gasteiger charge is 2.19. The van der Waals surface area contributed by atoms with E-state index in [4.69, 9.17) is 11.5 Å². The van der Waals surface area contributed by atoms with Crippen LogP contribution in [-0.4, -0.2) is 6.17 Å². The van der Waals surface area contributed by atoms with Crippen molar-refractivity contribution in [1.29, 1.82) is 0 Å². The van der Waals surface area contributed by atoms with Crippen molar-refractivity contribution in [2.45, 2.75) is 53.1 Å². The summed E-state index contributed by atoms with van der Waals surface area (Å²) in [6, 6.07) is 0. The van der Waals surface area contributed by atoms with Crippen LogP contribution in [0.25, 0.3) is 0 Å². The minimum absolute atomic E-state index is 0.146. The molecule has 1 unspecified atom stereocenters. The molecule has 0 saturated carbocycles. The minimum atomic E-state index is -0.146. The fourth-order valence-electron chi connectivity index (χ4n) is 1.64. The first-order valence-electron chi connectivity index (χ1n) is 4.88. The lowest BCUT2D eigenvalue weighted by atomic mass is 9.80. The Morgan fingerprint density at radius 2 is 1.75 bits per heavy atom. The quantitative estimate of drug-likeness (QED) is 0.624. The van der Waals surface area contributed by atoms with Crippen molar-refractivity contribution in [3.63, 3.8) is 0 Å². The van der Waals surface area contributed by atoms with Crippen molar-refractivity contribution in [3.05, 3.63) is 0 Å². The van der Waals surface area contributed by atoms with Gasteiger partial charge in [0.2, 0.25) is 0 Å². The molecule has 0 aliphatic heterocycles. The van der Waals surface area contributed by atoms with Crippen LogP contribution in [0.15, 0.2) is 0 Å². The molecule has 0 radical (unpaired) electrons. The molecule has 1 atom stereocenters. The minimum Gasteiger partial charge on any atom is -0.316 e. The van der Waals surface area contributed by atoms with Gasteiger partial charge < -0.3 is 11.5 Å². The van der Waals surface area contributed by atoms with Gasteiger partial charge in [0.1, 0.15) is 0 Å². The van der Waals surface area contributed by atoms with E-state index < -0.39 is 0 Å². The zero-order valence-corrected chi connectivity index (χ0v) is 8.93. The maximum absolute atomic E-state index is 5.53. The van der Waals surface area contributed by atoms with Gasteiger partial charge >= 0.3 is 0 Å². The summed E-state index contributed by atoms with van der Waals surface area (Å²) >= 11 is 0. The van der Waals surface area contributed by atoms with Crippen LogP contribution < -0.4 is 11.5 Å². The normalized spacial score (nSPS) is 15.2. The van der Waals surface area contributed by atoms with Crippen LogP contribution in [0.3, 0.4) is 0 Å². The summed E-state index contributed by atoms with van der Waals surface area (Å²) < 4.78 is 0. The molecule has 2 heteroatoms.